The van der Waals surface area contributed by atoms with E-state index in [0.717, 1.165) is 18.7 Å². The molecule has 0 saturated heterocycles. The van der Waals surface area contributed by atoms with Crippen LogP contribution in [-0.2, 0) is 0 Å². The lowest BCUT2D eigenvalue weighted by molar-refractivity contribution is 0.0721. The maximum Gasteiger partial charge on any atom is 0.255 e. The molecule has 0 radical (unpaired) electrons. The molecular formula is C11H15FN2O2. The third-order valence-corrected chi connectivity index (χ3v) is 2.10. The molecule has 1 N–H and O–H groups in total. The first-order valence-electron chi connectivity index (χ1n) is 5.19. The molecule has 88 valence electrons. The van der Waals surface area contributed by atoms with Crippen LogP contribution in [0.1, 0.15) is 23.7 Å². The second-order valence-electron chi connectivity index (χ2n) is 3.41. The van der Waals surface area contributed by atoms with E-state index in [9.17, 15) is 9.18 Å². The highest BCUT2D eigenvalue weighted by atomic mass is 19.1. The Kier molecular flexibility index (Phi) is 4.85. The van der Waals surface area contributed by atoms with Gasteiger partial charge in [0.25, 0.3) is 5.91 Å². The van der Waals surface area contributed by atoms with Gasteiger partial charge in [0, 0.05) is 19.3 Å². The van der Waals surface area contributed by atoms with Crippen LogP contribution in [0.3, 0.4) is 0 Å². The normalized spacial score (nSPS) is 10.2. The van der Waals surface area contributed by atoms with Crippen LogP contribution in [0, 0.1) is 5.82 Å². The predicted octanol–water partition coefficient (Wildman–Crippen LogP) is 1.07. The van der Waals surface area contributed by atoms with E-state index >= 15 is 0 Å². The van der Waals surface area contributed by atoms with Crippen LogP contribution in [0.4, 0.5) is 4.39 Å². The number of aromatic nitrogens is 1. The van der Waals surface area contributed by atoms with Gasteiger partial charge in [0.05, 0.1) is 18.4 Å². The quantitative estimate of drug-likeness (QED) is 0.817. The SMILES string of the molecule is CCCN(CCO)C(=O)c1cncc(F)c1. The Bertz CT molecular complexity index is 352. The van der Waals surface area contributed by atoms with Crippen LogP contribution in [0.5, 0.6) is 0 Å². The highest BCUT2D eigenvalue weighted by Gasteiger charge is 2.15. The van der Waals surface area contributed by atoms with Crippen LogP contribution < -0.4 is 0 Å². The van der Waals surface area contributed by atoms with Crippen molar-refractivity contribution >= 4 is 5.91 Å². The second-order valence-corrected chi connectivity index (χ2v) is 3.41. The van der Waals surface area contributed by atoms with E-state index in [1.54, 1.807) is 0 Å². The second kappa shape index (κ2) is 6.17. The van der Waals surface area contributed by atoms with Crippen LogP contribution >= 0.6 is 0 Å². The molecule has 1 aromatic heterocycles. The zero-order valence-electron chi connectivity index (χ0n) is 9.19. The lowest BCUT2D eigenvalue weighted by Gasteiger charge is -2.20. The summed E-state index contributed by atoms with van der Waals surface area (Å²) in [6.07, 6.45) is 3.16. The summed E-state index contributed by atoms with van der Waals surface area (Å²) in [5, 5.41) is 8.83. The largest absolute Gasteiger partial charge is 0.395 e. The van der Waals surface area contributed by atoms with E-state index in [0.29, 0.717) is 6.54 Å². The van der Waals surface area contributed by atoms with E-state index in [1.807, 2.05) is 6.92 Å². The van der Waals surface area contributed by atoms with Gasteiger partial charge < -0.3 is 10.0 Å². The van der Waals surface area contributed by atoms with Gasteiger partial charge in [0.2, 0.25) is 0 Å². The average Bonchev–Trinajstić information content (AvgIpc) is 2.28. The van der Waals surface area contributed by atoms with E-state index in [1.165, 1.54) is 11.1 Å². The Hall–Kier alpha value is -1.49. The van der Waals surface area contributed by atoms with Crippen LogP contribution in [-0.4, -0.2) is 40.6 Å². The summed E-state index contributed by atoms with van der Waals surface area (Å²) in [6, 6.07) is 1.15. The van der Waals surface area contributed by atoms with Crippen molar-refractivity contribution in [2.24, 2.45) is 0 Å². The van der Waals surface area contributed by atoms with E-state index in [4.69, 9.17) is 5.11 Å². The smallest absolute Gasteiger partial charge is 0.255 e. The molecule has 4 nitrogen and oxygen atoms in total. The fourth-order valence-electron chi connectivity index (χ4n) is 1.42. The van der Waals surface area contributed by atoms with Crippen molar-refractivity contribution in [2.45, 2.75) is 13.3 Å². The zero-order chi connectivity index (χ0) is 12.0. The van der Waals surface area contributed by atoms with Crippen molar-refractivity contribution < 1.29 is 14.3 Å². The lowest BCUT2D eigenvalue weighted by Crippen LogP contribution is -2.34. The molecule has 0 aromatic carbocycles. The van der Waals surface area contributed by atoms with Crippen molar-refractivity contribution in [3.8, 4) is 0 Å². The molecule has 1 amide bonds. The number of carbonyl (C=O) groups excluding carboxylic acids is 1. The minimum absolute atomic E-state index is 0.103. The van der Waals surface area contributed by atoms with Crippen molar-refractivity contribution in [2.75, 3.05) is 19.7 Å². The summed E-state index contributed by atoms with van der Waals surface area (Å²) < 4.78 is 12.9. The molecule has 0 aliphatic rings. The standard InChI is InChI=1S/C11H15FN2O2/c1-2-3-14(4-5-15)11(16)9-6-10(12)8-13-7-9/h6-8,15H,2-5H2,1H3. The van der Waals surface area contributed by atoms with E-state index < -0.39 is 5.82 Å². The number of amides is 1. The maximum absolute atomic E-state index is 12.9. The summed E-state index contributed by atoms with van der Waals surface area (Å²) in [6.45, 7) is 2.62. The van der Waals surface area contributed by atoms with Gasteiger partial charge >= 0.3 is 0 Å². The van der Waals surface area contributed by atoms with Gasteiger partial charge in [-0.1, -0.05) is 6.92 Å². The summed E-state index contributed by atoms with van der Waals surface area (Å²) in [4.78, 5) is 17.0. The van der Waals surface area contributed by atoms with Gasteiger partial charge in [-0.15, -0.1) is 0 Å². The monoisotopic (exact) mass is 226 g/mol. The molecule has 0 saturated carbocycles. The molecule has 0 atom stereocenters. The van der Waals surface area contributed by atoms with Crippen molar-refractivity contribution in [1.29, 1.82) is 0 Å². The number of hydrogen-bond donors (Lipinski definition) is 1. The number of aliphatic hydroxyl groups excluding tert-OH is 1. The number of carbonyl (C=O) groups is 1. The molecule has 1 heterocycles. The Morgan fingerprint density at radius 2 is 2.25 bits per heavy atom. The fraction of sp³-hybridized carbons (Fsp3) is 0.455. The van der Waals surface area contributed by atoms with Gasteiger partial charge in [0.15, 0.2) is 0 Å². The van der Waals surface area contributed by atoms with E-state index in [-0.39, 0.29) is 24.6 Å². The summed E-state index contributed by atoms with van der Waals surface area (Å²) in [5.41, 5.74) is 0.210. The number of halogens is 1. The fourth-order valence-corrected chi connectivity index (χ4v) is 1.42. The molecule has 0 bridgehead atoms. The zero-order valence-corrected chi connectivity index (χ0v) is 9.19. The van der Waals surface area contributed by atoms with Gasteiger partial charge in [-0.05, 0) is 12.5 Å². The lowest BCUT2D eigenvalue weighted by atomic mass is 10.2. The molecule has 1 rings (SSSR count). The van der Waals surface area contributed by atoms with Gasteiger partial charge in [-0.2, -0.15) is 0 Å². The number of hydrogen-bond acceptors (Lipinski definition) is 3. The Morgan fingerprint density at radius 1 is 1.50 bits per heavy atom. The third kappa shape index (κ3) is 3.27. The van der Waals surface area contributed by atoms with Gasteiger partial charge in [0.1, 0.15) is 5.82 Å². The number of nitrogens with zero attached hydrogens (tertiary/aromatic N) is 2. The molecule has 0 unspecified atom stereocenters. The van der Waals surface area contributed by atoms with Crippen molar-refractivity contribution in [3.63, 3.8) is 0 Å². The Balaban J connectivity index is 2.81. The highest BCUT2D eigenvalue weighted by Crippen LogP contribution is 2.06. The van der Waals surface area contributed by atoms with Crippen LogP contribution in [0.15, 0.2) is 18.5 Å². The molecule has 0 spiro atoms. The maximum atomic E-state index is 12.9. The number of pyridine rings is 1. The van der Waals surface area contributed by atoms with Gasteiger partial charge in [-0.3, -0.25) is 9.78 Å². The third-order valence-electron chi connectivity index (χ3n) is 2.10. The minimum atomic E-state index is -0.536. The number of aliphatic hydroxyl groups is 1. The minimum Gasteiger partial charge on any atom is -0.395 e. The van der Waals surface area contributed by atoms with Gasteiger partial charge in [-0.25, -0.2) is 4.39 Å². The van der Waals surface area contributed by atoms with Crippen molar-refractivity contribution in [1.82, 2.24) is 9.88 Å². The van der Waals surface area contributed by atoms with Crippen LogP contribution in [0.2, 0.25) is 0 Å². The average molecular weight is 226 g/mol. The molecule has 1 aromatic rings. The predicted molar refractivity (Wildman–Crippen MR) is 57.5 cm³/mol. The Morgan fingerprint density at radius 3 is 2.81 bits per heavy atom. The topological polar surface area (TPSA) is 53.4 Å². The molecular weight excluding hydrogens is 211 g/mol. The summed E-state index contributed by atoms with van der Waals surface area (Å²) in [7, 11) is 0. The van der Waals surface area contributed by atoms with Crippen LogP contribution in [0.25, 0.3) is 0 Å². The first-order valence-corrected chi connectivity index (χ1v) is 5.19. The first kappa shape index (κ1) is 12.6. The summed E-state index contributed by atoms with van der Waals surface area (Å²) >= 11 is 0. The molecule has 0 aliphatic carbocycles. The first-order chi connectivity index (χ1) is 7.69. The Labute approximate surface area is 93.7 Å². The molecule has 16 heavy (non-hydrogen) atoms. The molecule has 0 aliphatic heterocycles. The summed E-state index contributed by atoms with van der Waals surface area (Å²) in [5.74, 6) is -0.839. The van der Waals surface area contributed by atoms with E-state index in [2.05, 4.69) is 4.98 Å². The van der Waals surface area contributed by atoms with Crippen molar-refractivity contribution in [3.05, 3.63) is 29.8 Å². The molecule has 5 heteroatoms. The molecule has 0 fully saturated rings. The highest BCUT2D eigenvalue weighted by molar-refractivity contribution is 5.93. The number of rotatable bonds is 5.